The van der Waals surface area contributed by atoms with Crippen molar-refractivity contribution < 1.29 is 19.5 Å². The molecule has 1 amide bonds. The van der Waals surface area contributed by atoms with Gasteiger partial charge in [-0.2, -0.15) is 9.59 Å². The normalized spacial score (nSPS) is 7.85. The van der Waals surface area contributed by atoms with Gasteiger partial charge in [-0.1, -0.05) is 60.8 Å². The number of carbonyl (C=O) groups excluding carboxylic acids is 3. The van der Waals surface area contributed by atoms with E-state index in [4.69, 9.17) is 9.59 Å². The first-order valence-electron chi connectivity index (χ1n) is 9.74. The molecule has 0 bridgehead atoms. The molecule has 0 aliphatic heterocycles. The lowest BCUT2D eigenvalue weighted by atomic mass is 10.3. The maximum absolute atomic E-state index is 9.98. The second-order valence-electron chi connectivity index (χ2n) is 4.79. The van der Waals surface area contributed by atoms with Crippen molar-refractivity contribution in [3.05, 3.63) is 0 Å². The summed E-state index contributed by atoms with van der Waals surface area (Å²) in [5.74, 6) is 0. The highest BCUT2D eigenvalue weighted by molar-refractivity contribution is 5.62. The number of unbranched alkanes of at least 4 members (excludes halogenated alkanes) is 2. The predicted molar refractivity (Wildman–Crippen MR) is 107 cm³/mol. The van der Waals surface area contributed by atoms with Gasteiger partial charge < -0.3 is 25.4 Å². The lowest BCUT2D eigenvalue weighted by Gasteiger charge is -2.20. The number of hydrogen-bond acceptors (Lipinski definition) is 6. The first kappa shape index (κ1) is 35.6. The van der Waals surface area contributed by atoms with Crippen LogP contribution in [0.2, 0.25) is 0 Å². The summed E-state index contributed by atoms with van der Waals surface area (Å²) < 4.78 is 0. The monoisotopic (exact) mass is 378 g/mol. The molecule has 2 N–H and O–H groups in total. The summed E-state index contributed by atoms with van der Waals surface area (Å²) >= 11 is 0. The number of nitrogens with one attached hydrogen (secondary N) is 2. The van der Waals surface area contributed by atoms with Crippen molar-refractivity contribution in [1.29, 1.82) is 0 Å². The van der Waals surface area contributed by atoms with Crippen LogP contribution in [0.15, 0.2) is 0 Å². The molecule has 0 fully saturated rings. The molecular weight excluding hydrogens is 334 g/mol. The van der Waals surface area contributed by atoms with E-state index < -0.39 is 6.09 Å². The van der Waals surface area contributed by atoms with Crippen LogP contribution in [0.1, 0.15) is 74.7 Å². The number of rotatable bonds is 8. The van der Waals surface area contributed by atoms with E-state index in [1.807, 2.05) is 0 Å². The van der Waals surface area contributed by atoms with Crippen LogP contribution < -0.4 is 15.7 Å². The highest BCUT2D eigenvalue weighted by Gasteiger charge is 1.93. The Labute approximate surface area is 161 Å². The maximum atomic E-state index is 9.98. The smallest absolute Gasteiger partial charge is 0.373 e. The highest BCUT2D eigenvalue weighted by Crippen LogP contribution is 1.88. The molecule has 0 rings (SSSR count). The van der Waals surface area contributed by atoms with Crippen LogP contribution >= 0.6 is 0 Å². The van der Waals surface area contributed by atoms with Gasteiger partial charge in [0.2, 0.25) is 0 Å². The molecule has 7 nitrogen and oxygen atoms in total. The van der Waals surface area contributed by atoms with Gasteiger partial charge in [-0.3, -0.25) is 0 Å². The minimum atomic E-state index is -1.09. The number of carboxylic acid groups (broad SMARTS) is 1. The van der Waals surface area contributed by atoms with Crippen molar-refractivity contribution in [2.45, 2.75) is 74.7 Å². The fraction of sp³-hybridized carbons (Fsp3) is 0.895. The first-order valence-corrected chi connectivity index (χ1v) is 9.74. The van der Waals surface area contributed by atoms with Crippen LogP contribution in [-0.2, 0) is 9.59 Å². The summed E-state index contributed by atoms with van der Waals surface area (Å²) in [6.45, 7) is 21.8. The second-order valence-corrected chi connectivity index (χ2v) is 4.79. The fourth-order valence-corrected chi connectivity index (χ4v) is 1.34. The van der Waals surface area contributed by atoms with E-state index in [0.29, 0.717) is 13.1 Å². The van der Waals surface area contributed by atoms with Gasteiger partial charge in [-0.15, -0.1) is 0 Å². The maximum Gasteiger partial charge on any atom is 0.373 e. The molecule has 7 heteroatoms. The van der Waals surface area contributed by atoms with Crippen LogP contribution in [0.25, 0.3) is 0 Å². The molecule has 0 aromatic heterocycles. The topological polar surface area (TPSA) is 102 Å². The zero-order chi connectivity index (χ0) is 21.6. The van der Waals surface area contributed by atoms with Gasteiger partial charge in [0.25, 0.3) is 0 Å². The number of amides is 1. The SMILES string of the molecule is CCCCC.CCN(CC)C(=O)[O-].CCNCC.CCNCC.O=C=O. The van der Waals surface area contributed by atoms with E-state index in [2.05, 4.69) is 52.2 Å². The average molecular weight is 379 g/mol. The molecule has 0 aliphatic carbocycles. The number of nitrogens with zero attached hydrogens (tertiary/aromatic N) is 1. The summed E-state index contributed by atoms with van der Waals surface area (Å²) in [5, 5.41) is 16.2. The van der Waals surface area contributed by atoms with Crippen molar-refractivity contribution in [2.75, 3.05) is 39.3 Å². The van der Waals surface area contributed by atoms with Gasteiger partial charge in [-0.05, 0) is 40.0 Å². The van der Waals surface area contributed by atoms with E-state index in [0.717, 1.165) is 26.2 Å². The Balaban J connectivity index is -0.0000000733. The Morgan fingerprint density at radius 2 is 1.04 bits per heavy atom. The van der Waals surface area contributed by atoms with Gasteiger partial charge in [0.1, 0.15) is 6.09 Å². The summed E-state index contributed by atoms with van der Waals surface area (Å²) in [4.78, 5) is 27.4. The van der Waals surface area contributed by atoms with Crippen LogP contribution in [0.4, 0.5) is 4.79 Å². The van der Waals surface area contributed by atoms with Crippen molar-refractivity contribution >= 4 is 12.2 Å². The Bertz CT molecular complexity index is 235. The molecule has 0 heterocycles. The standard InChI is InChI=1S/C5H11NO2.C5H12.2C4H11N.CO2/c1-3-6(4-2)5(7)8;3*1-3-5-4-2;2-1-3/h3-4H2,1-2H3,(H,7,8);3-5H2,1-2H3;2*5H,3-4H2,1-2H3;/p-1. The third-order valence-electron chi connectivity index (χ3n) is 2.73. The second kappa shape index (κ2) is 43.7. The minimum absolute atomic E-state index is 0.250. The largest absolute Gasteiger partial charge is 0.530 e. The molecule has 160 valence electrons. The van der Waals surface area contributed by atoms with Gasteiger partial charge in [-0.25, -0.2) is 0 Å². The Hall–Kier alpha value is -1.43. The molecule has 0 aromatic rings. The first-order chi connectivity index (χ1) is 12.4. The molecule has 0 saturated carbocycles. The zero-order valence-corrected chi connectivity index (χ0v) is 18.4. The van der Waals surface area contributed by atoms with Crippen LogP contribution in [-0.4, -0.2) is 56.4 Å². The lowest BCUT2D eigenvalue weighted by Crippen LogP contribution is -2.40. The molecule has 0 saturated heterocycles. The summed E-state index contributed by atoms with van der Waals surface area (Å²) in [6, 6.07) is 0. The van der Waals surface area contributed by atoms with Gasteiger partial charge in [0.15, 0.2) is 0 Å². The van der Waals surface area contributed by atoms with Crippen molar-refractivity contribution in [3.8, 4) is 0 Å². The van der Waals surface area contributed by atoms with Gasteiger partial charge in [0.05, 0.1) is 0 Å². The quantitative estimate of drug-likeness (QED) is 0.673. The van der Waals surface area contributed by atoms with Gasteiger partial charge >= 0.3 is 6.15 Å². The molecular formula is C19H44N3O4-. The van der Waals surface area contributed by atoms with Crippen LogP contribution in [0, 0.1) is 0 Å². The Morgan fingerprint density at radius 3 is 1.04 bits per heavy atom. The van der Waals surface area contributed by atoms with Crippen molar-refractivity contribution in [3.63, 3.8) is 0 Å². The molecule has 0 spiro atoms. The third kappa shape index (κ3) is 66.5. The van der Waals surface area contributed by atoms with E-state index in [1.54, 1.807) is 13.8 Å². The van der Waals surface area contributed by atoms with Crippen LogP contribution in [0.3, 0.4) is 0 Å². The predicted octanol–water partition coefficient (Wildman–Crippen LogP) is 2.52. The fourth-order valence-electron chi connectivity index (χ4n) is 1.34. The molecule has 0 atom stereocenters. The molecule has 0 unspecified atom stereocenters. The molecule has 0 radical (unpaired) electrons. The van der Waals surface area contributed by atoms with Crippen molar-refractivity contribution in [1.82, 2.24) is 15.5 Å². The Kier molecular flexibility index (Phi) is 59.9. The van der Waals surface area contributed by atoms with E-state index in [1.165, 1.54) is 24.2 Å². The minimum Gasteiger partial charge on any atom is -0.530 e. The summed E-state index contributed by atoms with van der Waals surface area (Å²) in [5.41, 5.74) is 0. The summed E-state index contributed by atoms with van der Waals surface area (Å²) in [6.07, 6.45) is 3.24. The lowest BCUT2D eigenvalue weighted by molar-refractivity contribution is -0.265. The Morgan fingerprint density at radius 1 is 0.769 bits per heavy atom. The number of hydrogen-bond donors (Lipinski definition) is 2. The average Bonchev–Trinajstić information content (AvgIpc) is 2.60. The third-order valence-corrected chi connectivity index (χ3v) is 2.73. The molecule has 0 aliphatic rings. The summed E-state index contributed by atoms with van der Waals surface area (Å²) in [7, 11) is 0. The van der Waals surface area contributed by atoms with Crippen molar-refractivity contribution in [2.24, 2.45) is 0 Å². The molecule has 0 aromatic carbocycles. The molecule has 26 heavy (non-hydrogen) atoms. The number of carbonyl (C=O) groups is 1. The zero-order valence-electron chi connectivity index (χ0n) is 18.4. The highest BCUT2D eigenvalue weighted by atomic mass is 16.4. The van der Waals surface area contributed by atoms with E-state index >= 15 is 0 Å². The van der Waals surface area contributed by atoms with E-state index in [-0.39, 0.29) is 6.15 Å². The van der Waals surface area contributed by atoms with Crippen LogP contribution in [0.5, 0.6) is 0 Å². The van der Waals surface area contributed by atoms with E-state index in [9.17, 15) is 9.90 Å². The van der Waals surface area contributed by atoms with Gasteiger partial charge in [0, 0.05) is 13.1 Å².